The van der Waals surface area contributed by atoms with Crippen LogP contribution in [0.25, 0.3) is 11.1 Å². The molecule has 0 aliphatic heterocycles. The summed E-state index contributed by atoms with van der Waals surface area (Å²) in [6, 6.07) is 23.1. The van der Waals surface area contributed by atoms with Crippen LogP contribution in [0.2, 0.25) is 0 Å². The van der Waals surface area contributed by atoms with E-state index in [0.29, 0.717) is 5.75 Å². The van der Waals surface area contributed by atoms with Gasteiger partial charge < -0.3 is 10.1 Å². The average Bonchev–Trinajstić information content (AvgIpc) is 2.84. The number of amides is 3. The van der Waals surface area contributed by atoms with Crippen LogP contribution in [-0.4, -0.2) is 23.8 Å². The molecule has 7 heteroatoms. The zero-order valence-corrected chi connectivity index (χ0v) is 19.6. The van der Waals surface area contributed by atoms with Crippen LogP contribution in [0.15, 0.2) is 72.8 Å². The second kappa shape index (κ2) is 11.7. The number of benzene rings is 3. The van der Waals surface area contributed by atoms with Crippen LogP contribution in [0.5, 0.6) is 5.75 Å². The maximum atomic E-state index is 12.3. The predicted octanol–water partition coefficient (Wildman–Crippen LogP) is 4.30. The molecule has 0 saturated heterocycles. The molecule has 3 rings (SSSR count). The highest BCUT2D eigenvalue weighted by molar-refractivity contribution is 5.94. The number of hydrazine groups is 1. The molecule has 0 radical (unpaired) electrons. The van der Waals surface area contributed by atoms with Gasteiger partial charge in [0, 0.05) is 18.5 Å². The summed E-state index contributed by atoms with van der Waals surface area (Å²) in [5.41, 5.74) is 9.48. The van der Waals surface area contributed by atoms with Crippen molar-refractivity contribution in [2.45, 2.75) is 39.7 Å². The molecule has 0 aromatic heterocycles. The normalized spacial score (nSPS) is 11.3. The molecule has 0 aliphatic rings. The summed E-state index contributed by atoms with van der Waals surface area (Å²) in [5.74, 6) is -0.702. The monoisotopic (exact) mass is 459 g/mol. The highest BCUT2D eigenvalue weighted by atomic mass is 16.5. The zero-order valence-electron chi connectivity index (χ0n) is 19.6. The van der Waals surface area contributed by atoms with Crippen LogP contribution in [-0.2, 0) is 14.4 Å². The molecule has 3 amide bonds. The third-order valence-electron chi connectivity index (χ3n) is 5.21. The van der Waals surface area contributed by atoms with E-state index < -0.39 is 17.9 Å². The lowest BCUT2D eigenvalue weighted by Gasteiger charge is -2.15. The number of carbonyl (C=O) groups is 3. The van der Waals surface area contributed by atoms with Gasteiger partial charge >= 0.3 is 0 Å². The summed E-state index contributed by atoms with van der Waals surface area (Å²) in [6.07, 6.45) is -0.891. The second-order valence-electron chi connectivity index (χ2n) is 8.05. The van der Waals surface area contributed by atoms with Crippen molar-refractivity contribution in [3.63, 3.8) is 0 Å². The van der Waals surface area contributed by atoms with E-state index >= 15 is 0 Å². The smallest absolute Gasteiger partial charge is 0.279 e. The van der Waals surface area contributed by atoms with Crippen molar-refractivity contribution < 1.29 is 19.1 Å². The summed E-state index contributed by atoms with van der Waals surface area (Å²) in [5, 5.41) is 2.80. The standard InChI is InChI=1S/C27H29N3O4/c1-18-9-10-19(2)24(17-18)28-25(31)15-16-26(32)29-30-27(33)20(3)34-23-13-11-22(12-14-23)21-7-5-4-6-8-21/h4-14,17,20H,15-16H2,1-3H3,(H,28,31)(H,29,32)(H,30,33). The molecule has 3 aromatic rings. The van der Waals surface area contributed by atoms with Gasteiger partial charge in [-0.1, -0.05) is 54.6 Å². The molecule has 7 nitrogen and oxygen atoms in total. The van der Waals surface area contributed by atoms with E-state index in [0.717, 1.165) is 27.9 Å². The fourth-order valence-electron chi connectivity index (χ4n) is 3.22. The molecule has 3 aromatic carbocycles. The Morgan fingerprint density at radius 3 is 2.15 bits per heavy atom. The van der Waals surface area contributed by atoms with Gasteiger partial charge in [0.2, 0.25) is 11.8 Å². The van der Waals surface area contributed by atoms with Crippen molar-refractivity contribution in [2.24, 2.45) is 0 Å². The Kier molecular flexibility index (Phi) is 8.40. The minimum atomic E-state index is -0.824. The highest BCUT2D eigenvalue weighted by Gasteiger charge is 2.16. The molecule has 0 heterocycles. The maximum Gasteiger partial charge on any atom is 0.279 e. The summed E-state index contributed by atoms with van der Waals surface area (Å²) < 4.78 is 5.66. The van der Waals surface area contributed by atoms with E-state index in [-0.39, 0.29) is 18.7 Å². The fraction of sp³-hybridized carbons (Fsp3) is 0.222. The third kappa shape index (κ3) is 7.20. The van der Waals surface area contributed by atoms with Gasteiger partial charge in [0.05, 0.1) is 0 Å². The third-order valence-corrected chi connectivity index (χ3v) is 5.21. The number of hydrogen-bond acceptors (Lipinski definition) is 4. The second-order valence-corrected chi connectivity index (χ2v) is 8.05. The molecule has 176 valence electrons. The van der Waals surface area contributed by atoms with E-state index in [1.807, 2.05) is 74.5 Å². The van der Waals surface area contributed by atoms with Crippen LogP contribution < -0.4 is 20.9 Å². The number of rotatable bonds is 8. The lowest BCUT2D eigenvalue weighted by molar-refractivity contribution is -0.133. The molecular weight excluding hydrogens is 430 g/mol. The minimum Gasteiger partial charge on any atom is -0.481 e. The number of nitrogens with one attached hydrogen (secondary N) is 3. The molecule has 0 fully saturated rings. The van der Waals surface area contributed by atoms with Crippen LogP contribution in [0, 0.1) is 13.8 Å². The Labute approximate surface area is 199 Å². The van der Waals surface area contributed by atoms with Crippen LogP contribution in [0.4, 0.5) is 5.69 Å². The predicted molar refractivity (Wildman–Crippen MR) is 132 cm³/mol. The fourth-order valence-corrected chi connectivity index (χ4v) is 3.22. The molecule has 0 aliphatic carbocycles. The van der Waals surface area contributed by atoms with Gasteiger partial charge in [-0.25, -0.2) is 0 Å². The van der Waals surface area contributed by atoms with Gasteiger partial charge in [0.1, 0.15) is 5.75 Å². The molecule has 1 unspecified atom stereocenters. The Morgan fingerprint density at radius 2 is 1.44 bits per heavy atom. The van der Waals surface area contributed by atoms with Crippen molar-refractivity contribution in [3.8, 4) is 16.9 Å². The topological polar surface area (TPSA) is 96.5 Å². The quantitative estimate of drug-likeness (QED) is 0.438. The first-order valence-electron chi connectivity index (χ1n) is 11.1. The van der Waals surface area contributed by atoms with Crippen molar-refractivity contribution >= 4 is 23.4 Å². The van der Waals surface area contributed by atoms with Crippen LogP contribution in [0.3, 0.4) is 0 Å². The first kappa shape index (κ1) is 24.5. The summed E-state index contributed by atoms with van der Waals surface area (Å²) in [6.45, 7) is 5.43. The SMILES string of the molecule is Cc1ccc(C)c(NC(=O)CCC(=O)NNC(=O)C(C)Oc2ccc(-c3ccccc3)cc2)c1. The first-order valence-corrected chi connectivity index (χ1v) is 11.1. The van der Waals surface area contributed by atoms with Crippen LogP contribution in [0.1, 0.15) is 30.9 Å². The van der Waals surface area contributed by atoms with Gasteiger partial charge in [-0.15, -0.1) is 0 Å². The van der Waals surface area contributed by atoms with Gasteiger partial charge in [-0.2, -0.15) is 0 Å². The molecule has 0 bridgehead atoms. The van der Waals surface area contributed by atoms with E-state index in [1.165, 1.54) is 0 Å². The van der Waals surface area contributed by atoms with Gasteiger partial charge in [0.15, 0.2) is 6.10 Å². The lowest BCUT2D eigenvalue weighted by atomic mass is 10.1. The van der Waals surface area contributed by atoms with Gasteiger partial charge in [0.25, 0.3) is 5.91 Å². The Balaban J connectivity index is 1.40. The summed E-state index contributed by atoms with van der Waals surface area (Å²) >= 11 is 0. The van der Waals surface area contributed by atoms with E-state index in [9.17, 15) is 14.4 Å². The molecule has 0 spiro atoms. The largest absolute Gasteiger partial charge is 0.481 e. The number of anilines is 1. The maximum absolute atomic E-state index is 12.3. The Bertz CT molecular complexity index is 1140. The summed E-state index contributed by atoms with van der Waals surface area (Å²) in [4.78, 5) is 36.4. The van der Waals surface area contributed by atoms with E-state index in [4.69, 9.17) is 4.74 Å². The van der Waals surface area contributed by atoms with Gasteiger partial charge in [-0.3, -0.25) is 25.2 Å². The minimum absolute atomic E-state index is 0.00506. The Morgan fingerprint density at radius 1 is 0.794 bits per heavy atom. The zero-order chi connectivity index (χ0) is 24.5. The molecular formula is C27H29N3O4. The molecule has 34 heavy (non-hydrogen) atoms. The van der Waals surface area contributed by atoms with Crippen molar-refractivity contribution in [2.75, 3.05) is 5.32 Å². The van der Waals surface area contributed by atoms with Crippen molar-refractivity contribution in [1.82, 2.24) is 10.9 Å². The number of ether oxygens (including phenoxy) is 1. The number of aryl methyl sites for hydroxylation is 2. The highest BCUT2D eigenvalue weighted by Crippen LogP contribution is 2.22. The average molecular weight is 460 g/mol. The molecule has 0 saturated carbocycles. The number of hydrogen-bond donors (Lipinski definition) is 3. The van der Waals surface area contributed by atoms with Crippen LogP contribution >= 0.6 is 0 Å². The molecule has 3 N–H and O–H groups in total. The van der Waals surface area contributed by atoms with E-state index in [1.54, 1.807) is 19.1 Å². The van der Waals surface area contributed by atoms with Crippen molar-refractivity contribution in [1.29, 1.82) is 0 Å². The lowest BCUT2D eigenvalue weighted by Crippen LogP contribution is -2.47. The van der Waals surface area contributed by atoms with Gasteiger partial charge in [-0.05, 0) is 61.2 Å². The Hall–Kier alpha value is -4.13. The number of carbonyl (C=O) groups excluding carboxylic acids is 3. The molecule has 1 atom stereocenters. The summed E-state index contributed by atoms with van der Waals surface area (Å²) in [7, 11) is 0. The van der Waals surface area contributed by atoms with E-state index in [2.05, 4.69) is 16.2 Å². The van der Waals surface area contributed by atoms with Crippen molar-refractivity contribution in [3.05, 3.63) is 83.9 Å². The first-order chi connectivity index (χ1) is 16.3.